The van der Waals surface area contributed by atoms with Gasteiger partial charge in [-0.1, -0.05) is 37.8 Å². The molecule has 0 saturated heterocycles. The number of nitrogens with zero attached hydrogens (tertiary/aromatic N) is 2. The molecule has 0 atom stereocenters. The van der Waals surface area contributed by atoms with E-state index in [-0.39, 0.29) is 5.97 Å². The van der Waals surface area contributed by atoms with Crippen molar-refractivity contribution in [2.45, 2.75) is 39.3 Å². The number of aromatic nitrogens is 2. The fourth-order valence-electron chi connectivity index (χ4n) is 3.02. The second-order valence-corrected chi connectivity index (χ2v) is 13.2. The summed E-state index contributed by atoms with van der Waals surface area (Å²) in [5.74, 6) is -0.340. The van der Waals surface area contributed by atoms with E-state index in [4.69, 9.17) is 9.47 Å². The minimum Gasteiger partial charge on any atom is -0.462 e. The number of esters is 1. The number of fused-ring (bicyclic) bond motifs is 3. The number of pyridine rings is 1. The summed E-state index contributed by atoms with van der Waals surface area (Å²) in [7, 11) is -1.13. The Labute approximate surface area is 154 Å². The lowest BCUT2D eigenvalue weighted by Crippen LogP contribution is -2.22. The van der Waals surface area contributed by atoms with Crippen molar-refractivity contribution < 1.29 is 14.3 Å². The summed E-state index contributed by atoms with van der Waals surface area (Å²) < 4.78 is 13.3. The molecule has 0 saturated carbocycles. The number of hydrogen-bond acceptors (Lipinski definition) is 4. The molecule has 5 nitrogen and oxygen atoms in total. The van der Waals surface area contributed by atoms with Crippen molar-refractivity contribution in [2.24, 2.45) is 0 Å². The maximum Gasteiger partial charge on any atom is 0.340 e. The quantitative estimate of drug-likeness (QED) is 0.344. The van der Waals surface area contributed by atoms with Crippen molar-refractivity contribution in [1.82, 2.24) is 9.55 Å². The molecule has 3 aromatic rings. The van der Waals surface area contributed by atoms with E-state index in [2.05, 4.69) is 29.2 Å². The summed E-state index contributed by atoms with van der Waals surface area (Å²) in [6, 6.07) is 9.17. The van der Waals surface area contributed by atoms with Crippen LogP contribution in [0.4, 0.5) is 0 Å². The van der Waals surface area contributed by atoms with Gasteiger partial charge in [0.15, 0.2) is 0 Å². The first-order valence-corrected chi connectivity index (χ1v) is 12.7. The number of hydrogen-bond donors (Lipinski definition) is 0. The fraction of sp³-hybridized carbons (Fsp3) is 0.400. The maximum atomic E-state index is 12.4. The molecule has 0 fully saturated rings. The van der Waals surface area contributed by atoms with Crippen molar-refractivity contribution in [2.75, 3.05) is 13.2 Å². The van der Waals surface area contributed by atoms with Gasteiger partial charge in [0.2, 0.25) is 0 Å². The van der Waals surface area contributed by atoms with Crippen molar-refractivity contribution in [3.05, 3.63) is 42.2 Å². The van der Waals surface area contributed by atoms with Crippen LogP contribution in [0.5, 0.6) is 0 Å². The first-order valence-electron chi connectivity index (χ1n) is 9.02. The van der Waals surface area contributed by atoms with Crippen LogP contribution in [-0.2, 0) is 16.2 Å². The molecule has 3 rings (SSSR count). The number of carbonyl (C=O) groups excluding carboxylic acids is 1. The summed E-state index contributed by atoms with van der Waals surface area (Å²) in [6.07, 6.45) is 3.38. The number of benzene rings is 1. The van der Waals surface area contributed by atoms with E-state index in [1.807, 2.05) is 24.3 Å². The molecule has 0 bridgehead atoms. The maximum absolute atomic E-state index is 12.4. The zero-order valence-electron chi connectivity index (χ0n) is 15.9. The van der Waals surface area contributed by atoms with Crippen LogP contribution in [0.25, 0.3) is 21.8 Å². The molecule has 6 heteroatoms. The van der Waals surface area contributed by atoms with E-state index < -0.39 is 8.07 Å². The minimum absolute atomic E-state index is 0.340. The van der Waals surface area contributed by atoms with Gasteiger partial charge in [0.25, 0.3) is 0 Å². The molecule has 0 aliphatic carbocycles. The van der Waals surface area contributed by atoms with Gasteiger partial charge in [-0.3, -0.25) is 4.98 Å². The topological polar surface area (TPSA) is 53.3 Å². The Balaban J connectivity index is 2.02. The van der Waals surface area contributed by atoms with Gasteiger partial charge in [-0.25, -0.2) is 4.79 Å². The fourth-order valence-corrected chi connectivity index (χ4v) is 3.78. The monoisotopic (exact) mass is 370 g/mol. The van der Waals surface area contributed by atoms with Gasteiger partial charge >= 0.3 is 5.97 Å². The average molecular weight is 371 g/mol. The highest BCUT2D eigenvalue weighted by molar-refractivity contribution is 6.76. The highest BCUT2D eigenvalue weighted by Gasteiger charge is 2.19. The molecule has 26 heavy (non-hydrogen) atoms. The van der Waals surface area contributed by atoms with Crippen LogP contribution in [0.15, 0.2) is 36.7 Å². The van der Waals surface area contributed by atoms with Crippen LogP contribution in [-0.4, -0.2) is 36.8 Å². The summed E-state index contributed by atoms with van der Waals surface area (Å²) in [5, 5.41) is 1.89. The zero-order valence-corrected chi connectivity index (χ0v) is 16.9. The van der Waals surface area contributed by atoms with Gasteiger partial charge in [0, 0.05) is 31.7 Å². The summed E-state index contributed by atoms with van der Waals surface area (Å²) in [4.78, 5) is 16.7. The third-order valence-electron chi connectivity index (χ3n) is 4.39. The largest absolute Gasteiger partial charge is 0.462 e. The Hall–Kier alpha value is -2.18. The Morgan fingerprint density at radius 3 is 2.65 bits per heavy atom. The van der Waals surface area contributed by atoms with Gasteiger partial charge in [-0.2, -0.15) is 0 Å². The van der Waals surface area contributed by atoms with Gasteiger partial charge in [-0.05, 0) is 19.0 Å². The van der Waals surface area contributed by atoms with Gasteiger partial charge in [0.05, 0.1) is 29.4 Å². The molecule has 0 amide bonds. The third-order valence-corrected chi connectivity index (χ3v) is 6.10. The molecule has 0 aliphatic heterocycles. The summed E-state index contributed by atoms with van der Waals surface area (Å²) in [5.41, 5.74) is 2.43. The number of rotatable bonds is 7. The molecule has 2 heterocycles. The lowest BCUT2D eigenvalue weighted by Gasteiger charge is -2.16. The first kappa shape index (κ1) is 18.6. The molecule has 0 spiro atoms. The second-order valence-electron chi connectivity index (χ2n) is 7.59. The van der Waals surface area contributed by atoms with E-state index in [1.54, 1.807) is 19.3 Å². The molecule has 0 unspecified atom stereocenters. The van der Waals surface area contributed by atoms with Gasteiger partial charge < -0.3 is 14.0 Å². The third kappa shape index (κ3) is 3.81. The van der Waals surface area contributed by atoms with Crippen LogP contribution in [0.3, 0.4) is 0 Å². The minimum atomic E-state index is -1.13. The molecular weight excluding hydrogens is 344 g/mol. The molecule has 0 N–H and O–H groups in total. The van der Waals surface area contributed by atoms with Crippen molar-refractivity contribution in [3.8, 4) is 0 Å². The summed E-state index contributed by atoms with van der Waals surface area (Å²) >= 11 is 0. The van der Waals surface area contributed by atoms with Crippen molar-refractivity contribution >= 4 is 35.8 Å². The highest BCUT2D eigenvalue weighted by atomic mass is 28.3. The van der Waals surface area contributed by atoms with E-state index in [0.29, 0.717) is 18.9 Å². The Morgan fingerprint density at radius 1 is 1.15 bits per heavy atom. The van der Waals surface area contributed by atoms with E-state index in [1.165, 1.54) is 0 Å². The highest BCUT2D eigenvalue weighted by Crippen LogP contribution is 2.31. The molecule has 2 aromatic heterocycles. The van der Waals surface area contributed by atoms with Crippen LogP contribution in [0.1, 0.15) is 17.3 Å². The lowest BCUT2D eigenvalue weighted by atomic mass is 10.1. The molecule has 0 aliphatic rings. The Kier molecular flexibility index (Phi) is 5.43. The SMILES string of the molecule is CCOC(=O)c1cncc2c1c1ccccc1n2COCC[Si](C)(C)C. The molecular formula is C20H26N2O3Si. The number of ether oxygens (including phenoxy) is 2. The summed E-state index contributed by atoms with van der Waals surface area (Å²) in [6.45, 7) is 10.4. The van der Waals surface area contributed by atoms with E-state index in [9.17, 15) is 4.79 Å². The van der Waals surface area contributed by atoms with E-state index >= 15 is 0 Å². The predicted octanol–water partition coefficient (Wildman–Crippen LogP) is 4.68. The van der Waals surface area contributed by atoms with Crippen LogP contribution < -0.4 is 0 Å². The van der Waals surface area contributed by atoms with Gasteiger partial charge in [0.1, 0.15) is 6.73 Å². The number of carbonyl (C=O) groups is 1. The predicted molar refractivity (Wildman–Crippen MR) is 107 cm³/mol. The Morgan fingerprint density at radius 2 is 1.92 bits per heavy atom. The second kappa shape index (κ2) is 7.59. The van der Waals surface area contributed by atoms with Crippen molar-refractivity contribution in [3.63, 3.8) is 0 Å². The smallest absolute Gasteiger partial charge is 0.340 e. The Bertz CT molecular complexity index is 928. The van der Waals surface area contributed by atoms with Crippen LogP contribution in [0, 0.1) is 0 Å². The number of para-hydroxylation sites is 1. The normalized spacial score (nSPS) is 12.0. The van der Waals surface area contributed by atoms with E-state index in [0.717, 1.165) is 34.5 Å². The standard InChI is InChI=1S/C20H26N2O3Si/c1-5-25-20(23)16-12-21-13-18-19(16)15-8-6-7-9-17(15)22(18)14-24-10-11-26(2,3)4/h6-9,12-13H,5,10-11,14H2,1-4H3. The molecule has 1 aromatic carbocycles. The van der Waals surface area contributed by atoms with Crippen LogP contribution >= 0.6 is 0 Å². The molecule has 138 valence electrons. The van der Waals surface area contributed by atoms with Gasteiger partial charge in [-0.15, -0.1) is 0 Å². The first-order chi connectivity index (χ1) is 12.4. The van der Waals surface area contributed by atoms with Crippen LogP contribution in [0.2, 0.25) is 25.7 Å². The molecule has 0 radical (unpaired) electrons. The van der Waals surface area contributed by atoms with Crippen molar-refractivity contribution in [1.29, 1.82) is 0 Å². The average Bonchev–Trinajstić information content (AvgIpc) is 2.92. The lowest BCUT2D eigenvalue weighted by molar-refractivity contribution is 0.0528. The zero-order chi connectivity index (χ0) is 18.7.